The molecule has 3 N–H and O–H groups in total. The number of nitrogens with one attached hydrogen (secondary N) is 1. The average Bonchev–Trinajstić information content (AvgIpc) is 2.76. The van der Waals surface area contributed by atoms with E-state index in [-0.39, 0.29) is 11.2 Å². The van der Waals surface area contributed by atoms with E-state index >= 15 is 0 Å². The van der Waals surface area contributed by atoms with Crippen LogP contribution in [0.25, 0.3) is 16.9 Å². The van der Waals surface area contributed by atoms with Gasteiger partial charge in [0.2, 0.25) is 0 Å². The summed E-state index contributed by atoms with van der Waals surface area (Å²) < 4.78 is 1.39. The van der Waals surface area contributed by atoms with Gasteiger partial charge in [0.25, 0.3) is 5.56 Å². The van der Waals surface area contributed by atoms with Gasteiger partial charge < -0.3 is 5.73 Å². The van der Waals surface area contributed by atoms with Crippen LogP contribution in [0.5, 0.6) is 0 Å². The van der Waals surface area contributed by atoms with Crippen molar-refractivity contribution in [3.8, 4) is 16.9 Å². The zero-order chi connectivity index (χ0) is 14.1. The predicted octanol–water partition coefficient (Wildman–Crippen LogP) is 3.07. The summed E-state index contributed by atoms with van der Waals surface area (Å²) in [7, 11) is 0. The minimum atomic E-state index is -0.286. The number of halogens is 1. The molecule has 0 fully saturated rings. The van der Waals surface area contributed by atoms with Crippen LogP contribution in [0.2, 0.25) is 5.02 Å². The molecule has 1 aromatic heterocycles. The summed E-state index contributed by atoms with van der Waals surface area (Å²) >= 11 is 5.95. The zero-order valence-electron chi connectivity index (χ0n) is 10.5. The van der Waals surface area contributed by atoms with E-state index in [0.717, 1.165) is 5.56 Å². The molecule has 0 bridgehead atoms. The van der Waals surface area contributed by atoms with Crippen LogP contribution < -0.4 is 11.3 Å². The van der Waals surface area contributed by atoms with Crippen LogP contribution in [0, 0.1) is 0 Å². The highest BCUT2D eigenvalue weighted by Crippen LogP contribution is 2.22. The lowest BCUT2D eigenvalue weighted by Gasteiger charge is -2.02. The number of anilines is 1. The average molecular weight is 286 g/mol. The van der Waals surface area contributed by atoms with E-state index in [1.54, 1.807) is 24.3 Å². The molecule has 0 saturated carbocycles. The lowest BCUT2D eigenvalue weighted by molar-refractivity contribution is 0.853. The van der Waals surface area contributed by atoms with Crippen LogP contribution in [0.3, 0.4) is 0 Å². The van der Waals surface area contributed by atoms with E-state index in [9.17, 15) is 4.79 Å². The summed E-state index contributed by atoms with van der Waals surface area (Å²) in [6.45, 7) is 0. The van der Waals surface area contributed by atoms with Crippen molar-refractivity contribution in [3.05, 3.63) is 70.0 Å². The molecule has 2 aromatic carbocycles. The Bertz CT molecular complexity index is 805. The van der Waals surface area contributed by atoms with Gasteiger partial charge in [0, 0.05) is 10.6 Å². The van der Waals surface area contributed by atoms with Crippen molar-refractivity contribution in [2.45, 2.75) is 0 Å². The number of H-pyrrole nitrogens is 1. The molecule has 0 aliphatic carbocycles. The molecule has 0 aliphatic rings. The summed E-state index contributed by atoms with van der Waals surface area (Å²) in [6.07, 6.45) is 0. The first kappa shape index (κ1) is 12.6. The Hall–Kier alpha value is -2.46. The van der Waals surface area contributed by atoms with Gasteiger partial charge in [-0.2, -0.15) is 0 Å². The van der Waals surface area contributed by atoms with Crippen LogP contribution >= 0.6 is 11.6 Å². The third-order valence-electron chi connectivity index (χ3n) is 3.06. The van der Waals surface area contributed by atoms with Crippen molar-refractivity contribution < 1.29 is 0 Å². The second-order valence-electron chi connectivity index (χ2n) is 4.39. The Kier molecular flexibility index (Phi) is 3.08. The molecule has 3 aromatic rings. The minimum Gasteiger partial charge on any atom is -0.392 e. The standard InChI is InChI=1S/C15H12ClN3O/c16-11-7-4-8-12(9-11)19-15(20)13(17)14(18-19)10-5-2-1-3-6-10/h1-9,18H,17H2. The molecule has 0 spiro atoms. The molecule has 100 valence electrons. The molecule has 4 nitrogen and oxygen atoms in total. The van der Waals surface area contributed by atoms with E-state index in [1.165, 1.54) is 4.68 Å². The highest BCUT2D eigenvalue weighted by atomic mass is 35.5. The summed E-state index contributed by atoms with van der Waals surface area (Å²) in [5.41, 5.74) is 7.94. The van der Waals surface area contributed by atoms with Crippen molar-refractivity contribution in [3.63, 3.8) is 0 Å². The smallest absolute Gasteiger partial charge is 0.295 e. The number of rotatable bonds is 2. The Morgan fingerprint density at radius 1 is 1.05 bits per heavy atom. The quantitative estimate of drug-likeness (QED) is 0.760. The van der Waals surface area contributed by atoms with Gasteiger partial charge in [-0.3, -0.25) is 9.89 Å². The molecule has 0 radical (unpaired) electrons. The van der Waals surface area contributed by atoms with E-state index in [1.807, 2.05) is 30.3 Å². The van der Waals surface area contributed by atoms with Crippen LogP contribution in [0.1, 0.15) is 0 Å². The lowest BCUT2D eigenvalue weighted by Crippen LogP contribution is -2.16. The highest BCUT2D eigenvalue weighted by Gasteiger charge is 2.13. The molecule has 20 heavy (non-hydrogen) atoms. The van der Waals surface area contributed by atoms with Gasteiger partial charge in [-0.05, 0) is 18.2 Å². The number of benzene rings is 2. The van der Waals surface area contributed by atoms with Crippen molar-refractivity contribution >= 4 is 17.3 Å². The normalized spacial score (nSPS) is 10.7. The van der Waals surface area contributed by atoms with Crippen LogP contribution in [-0.4, -0.2) is 9.78 Å². The number of nitrogen functional groups attached to an aromatic ring is 1. The molecule has 0 aliphatic heterocycles. The third kappa shape index (κ3) is 2.10. The first-order valence-electron chi connectivity index (χ1n) is 6.08. The Morgan fingerprint density at radius 2 is 1.80 bits per heavy atom. The molecular formula is C15H12ClN3O. The molecule has 0 atom stereocenters. The molecule has 1 heterocycles. The van der Waals surface area contributed by atoms with Crippen molar-refractivity contribution in [1.82, 2.24) is 9.78 Å². The number of aromatic nitrogens is 2. The fraction of sp³-hybridized carbons (Fsp3) is 0. The Morgan fingerprint density at radius 3 is 2.50 bits per heavy atom. The topological polar surface area (TPSA) is 63.8 Å². The second-order valence-corrected chi connectivity index (χ2v) is 4.82. The highest BCUT2D eigenvalue weighted by molar-refractivity contribution is 6.30. The number of aromatic amines is 1. The van der Waals surface area contributed by atoms with E-state index in [0.29, 0.717) is 16.4 Å². The Labute approximate surface area is 120 Å². The predicted molar refractivity (Wildman–Crippen MR) is 81.2 cm³/mol. The monoisotopic (exact) mass is 285 g/mol. The van der Waals surface area contributed by atoms with E-state index in [4.69, 9.17) is 17.3 Å². The first-order valence-corrected chi connectivity index (χ1v) is 6.46. The number of hydrogen-bond donors (Lipinski definition) is 2. The number of hydrogen-bond acceptors (Lipinski definition) is 2. The maximum Gasteiger partial charge on any atom is 0.295 e. The van der Waals surface area contributed by atoms with Gasteiger partial charge in [0.05, 0.1) is 11.4 Å². The molecule has 3 rings (SSSR count). The van der Waals surface area contributed by atoms with Gasteiger partial charge >= 0.3 is 0 Å². The molecule has 0 saturated heterocycles. The molecule has 5 heteroatoms. The minimum absolute atomic E-state index is 0.191. The van der Waals surface area contributed by atoms with Gasteiger partial charge in [-0.25, -0.2) is 4.68 Å². The maximum absolute atomic E-state index is 12.2. The molecule has 0 amide bonds. The third-order valence-corrected chi connectivity index (χ3v) is 3.29. The lowest BCUT2D eigenvalue weighted by atomic mass is 10.1. The van der Waals surface area contributed by atoms with Crippen LogP contribution in [0.4, 0.5) is 5.69 Å². The first-order chi connectivity index (χ1) is 9.66. The SMILES string of the molecule is Nc1c(-c2ccccc2)[nH]n(-c2cccc(Cl)c2)c1=O. The Balaban J connectivity index is 2.18. The summed E-state index contributed by atoms with van der Waals surface area (Å²) in [5, 5.41) is 3.59. The summed E-state index contributed by atoms with van der Waals surface area (Å²) in [6, 6.07) is 16.5. The van der Waals surface area contributed by atoms with E-state index in [2.05, 4.69) is 5.10 Å². The van der Waals surface area contributed by atoms with Gasteiger partial charge in [0.1, 0.15) is 5.69 Å². The molecular weight excluding hydrogens is 274 g/mol. The van der Waals surface area contributed by atoms with Gasteiger partial charge in [-0.1, -0.05) is 48.0 Å². The van der Waals surface area contributed by atoms with Crippen molar-refractivity contribution in [1.29, 1.82) is 0 Å². The summed E-state index contributed by atoms with van der Waals surface area (Å²) in [5.74, 6) is 0. The van der Waals surface area contributed by atoms with Crippen molar-refractivity contribution in [2.24, 2.45) is 0 Å². The van der Waals surface area contributed by atoms with E-state index < -0.39 is 0 Å². The van der Waals surface area contributed by atoms with Crippen molar-refractivity contribution in [2.75, 3.05) is 5.73 Å². The fourth-order valence-corrected chi connectivity index (χ4v) is 2.26. The van der Waals surface area contributed by atoms with Gasteiger partial charge in [-0.15, -0.1) is 0 Å². The second kappa shape index (κ2) is 4.90. The maximum atomic E-state index is 12.2. The molecule has 0 unspecified atom stereocenters. The van der Waals surface area contributed by atoms with Gasteiger partial charge in [0.15, 0.2) is 0 Å². The van der Waals surface area contributed by atoms with Crippen LogP contribution in [0.15, 0.2) is 59.4 Å². The van der Waals surface area contributed by atoms with Crippen LogP contribution in [-0.2, 0) is 0 Å². The zero-order valence-corrected chi connectivity index (χ0v) is 11.3. The number of nitrogens with two attached hydrogens (primary N) is 1. The fourth-order valence-electron chi connectivity index (χ4n) is 2.07. The summed E-state index contributed by atoms with van der Waals surface area (Å²) in [4.78, 5) is 12.2. The largest absolute Gasteiger partial charge is 0.392 e. The number of nitrogens with zero attached hydrogens (tertiary/aromatic N) is 1.